The number of ether oxygens (including phenoxy) is 1. The second kappa shape index (κ2) is 5.85. The van der Waals surface area contributed by atoms with E-state index in [9.17, 15) is 5.11 Å². The number of hydrogen-bond donors (Lipinski definition) is 1. The monoisotopic (exact) mass is 260 g/mol. The number of nitrogens with zero attached hydrogens (tertiary/aromatic N) is 2. The summed E-state index contributed by atoms with van der Waals surface area (Å²) in [4.78, 5) is 0. The van der Waals surface area contributed by atoms with Gasteiger partial charge < -0.3 is 9.84 Å². The number of aliphatic hydroxyl groups excluding tert-OH is 1. The Morgan fingerprint density at radius 1 is 1.35 bits per heavy atom. The second-order valence-corrected chi connectivity index (χ2v) is 5.21. The van der Waals surface area contributed by atoms with Crippen molar-refractivity contribution >= 4 is 11.6 Å². The molecular weight excluding hydrogens is 240 g/mol. The molecule has 0 bridgehead atoms. The summed E-state index contributed by atoms with van der Waals surface area (Å²) >= 11 is 6.09. The van der Waals surface area contributed by atoms with E-state index in [1.807, 2.05) is 27.7 Å². The van der Waals surface area contributed by atoms with Crippen LogP contribution in [-0.4, -0.2) is 28.1 Å². The van der Waals surface area contributed by atoms with Gasteiger partial charge in [-0.1, -0.05) is 25.4 Å². The van der Waals surface area contributed by atoms with Gasteiger partial charge in [-0.25, -0.2) is 0 Å². The lowest BCUT2D eigenvalue weighted by molar-refractivity contribution is -0.0431. The van der Waals surface area contributed by atoms with E-state index in [-0.39, 0.29) is 18.1 Å². The van der Waals surface area contributed by atoms with Crippen LogP contribution >= 0.6 is 11.6 Å². The molecule has 0 saturated carbocycles. The summed E-state index contributed by atoms with van der Waals surface area (Å²) in [7, 11) is 1.60. The molecule has 0 spiro atoms. The van der Waals surface area contributed by atoms with Crippen LogP contribution in [0.5, 0.6) is 0 Å². The summed E-state index contributed by atoms with van der Waals surface area (Å²) in [5.74, 6) is 0.196. The molecule has 1 rings (SSSR count). The lowest BCUT2D eigenvalue weighted by Crippen LogP contribution is -2.29. The van der Waals surface area contributed by atoms with E-state index in [4.69, 9.17) is 16.3 Å². The van der Waals surface area contributed by atoms with Crippen molar-refractivity contribution in [2.24, 2.45) is 5.92 Å². The van der Waals surface area contributed by atoms with E-state index >= 15 is 0 Å². The maximum Gasteiger partial charge on any atom is 0.123 e. The van der Waals surface area contributed by atoms with Gasteiger partial charge in [0.2, 0.25) is 0 Å². The van der Waals surface area contributed by atoms with Gasteiger partial charge in [-0.2, -0.15) is 5.10 Å². The fourth-order valence-corrected chi connectivity index (χ4v) is 2.20. The molecule has 1 N–H and O–H groups in total. The maximum atomic E-state index is 10.4. The molecule has 1 aromatic heterocycles. The van der Waals surface area contributed by atoms with Crippen LogP contribution in [0.2, 0.25) is 5.02 Å². The first-order valence-electron chi connectivity index (χ1n) is 5.83. The Hall–Kier alpha value is -0.580. The topological polar surface area (TPSA) is 47.3 Å². The number of hydrogen-bond acceptors (Lipinski definition) is 3. The van der Waals surface area contributed by atoms with Crippen molar-refractivity contribution in [3.63, 3.8) is 0 Å². The predicted octanol–water partition coefficient (Wildman–Crippen LogP) is 2.82. The minimum Gasteiger partial charge on any atom is -0.384 e. The lowest BCUT2D eigenvalue weighted by Gasteiger charge is -2.26. The normalized spacial score (nSPS) is 15.6. The molecule has 0 fully saturated rings. The van der Waals surface area contributed by atoms with E-state index in [0.717, 1.165) is 0 Å². The van der Waals surface area contributed by atoms with Crippen molar-refractivity contribution in [1.29, 1.82) is 0 Å². The molecule has 0 saturated heterocycles. The Kier molecular flexibility index (Phi) is 4.98. The van der Waals surface area contributed by atoms with Crippen molar-refractivity contribution in [2.75, 3.05) is 7.11 Å². The minimum atomic E-state index is -0.766. The van der Waals surface area contributed by atoms with E-state index in [1.165, 1.54) is 0 Å². The number of halogens is 1. The molecule has 4 nitrogen and oxygen atoms in total. The quantitative estimate of drug-likeness (QED) is 0.886. The third-order valence-corrected chi connectivity index (χ3v) is 3.09. The van der Waals surface area contributed by atoms with E-state index in [0.29, 0.717) is 10.7 Å². The van der Waals surface area contributed by atoms with Crippen LogP contribution in [0.3, 0.4) is 0 Å². The van der Waals surface area contributed by atoms with Gasteiger partial charge in [-0.05, 0) is 19.8 Å². The molecule has 0 amide bonds. The Balaban J connectivity index is 3.09. The minimum absolute atomic E-state index is 0.150. The zero-order valence-corrected chi connectivity index (χ0v) is 11.8. The summed E-state index contributed by atoms with van der Waals surface area (Å²) in [5.41, 5.74) is 0.627. The largest absolute Gasteiger partial charge is 0.384 e. The van der Waals surface area contributed by atoms with Crippen LogP contribution in [0.1, 0.15) is 45.5 Å². The summed E-state index contributed by atoms with van der Waals surface area (Å²) in [6, 6.07) is 0.150. The fraction of sp³-hybridized carbons (Fsp3) is 0.750. The van der Waals surface area contributed by atoms with Crippen molar-refractivity contribution in [3.8, 4) is 0 Å². The average Bonchev–Trinajstić information content (AvgIpc) is 2.60. The third-order valence-electron chi connectivity index (χ3n) is 2.80. The first-order valence-corrected chi connectivity index (χ1v) is 6.21. The number of aromatic nitrogens is 2. The predicted molar refractivity (Wildman–Crippen MR) is 68.2 cm³/mol. The maximum absolute atomic E-state index is 10.4. The molecule has 0 aliphatic heterocycles. The molecule has 0 aliphatic carbocycles. The summed E-state index contributed by atoms with van der Waals surface area (Å²) < 4.78 is 7.07. The van der Waals surface area contributed by atoms with Gasteiger partial charge in [0, 0.05) is 13.2 Å². The van der Waals surface area contributed by atoms with Crippen LogP contribution in [0.25, 0.3) is 0 Å². The van der Waals surface area contributed by atoms with Gasteiger partial charge in [-0.15, -0.1) is 0 Å². The highest BCUT2D eigenvalue weighted by Crippen LogP contribution is 2.31. The number of rotatable bonds is 5. The van der Waals surface area contributed by atoms with E-state index in [1.54, 1.807) is 18.0 Å². The molecule has 98 valence electrons. The van der Waals surface area contributed by atoms with Crippen LogP contribution in [0, 0.1) is 5.92 Å². The van der Waals surface area contributed by atoms with E-state index in [2.05, 4.69) is 5.10 Å². The molecule has 1 heterocycles. The average molecular weight is 261 g/mol. The first-order chi connectivity index (χ1) is 7.90. The molecule has 1 aromatic rings. The third kappa shape index (κ3) is 3.00. The Bertz CT molecular complexity index is 363. The van der Waals surface area contributed by atoms with Crippen molar-refractivity contribution in [2.45, 2.75) is 45.9 Å². The highest BCUT2D eigenvalue weighted by atomic mass is 35.5. The highest BCUT2D eigenvalue weighted by molar-refractivity contribution is 6.31. The molecule has 2 unspecified atom stereocenters. The molecule has 0 radical (unpaired) electrons. The number of aliphatic hydroxyl groups is 1. The summed E-state index contributed by atoms with van der Waals surface area (Å²) in [6.07, 6.45) is 0.506. The van der Waals surface area contributed by atoms with Crippen molar-refractivity contribution < 1.29 is 9.84 Å². The molecule has 0 aliphatic rings. The first kappa shape index (κ1) is 14.5. The van der Waals surface area contributed by atoms with Crippen LogP contribution in [0.4, 0.5) is 0 Å². The van der Waals surface area contributed by atoms with Crippen LogP contribution in [0.15, 0.2) is 6.20 Å². The molecule has 0 aromatic carbocycles. The SMILES string of the molecule is COC(C(C)C)C(O)c1c(Cl)cnn1C(C)C. The zero-order valence-electron chi connectivity index (χ0n) is 11.0. The van der Waals surface area contributed by atoms with E-state index < -0.39 is 6.10 Å². The zero-order chi connectivity index (χ0) is 13.2. The van der Waals surface area contributed by atoms with Gasteiger partial charge in [0.25, 0.3) is 0 Å². The van der Waals surface area contributed by atoms with Gasteiger partial charge in [0.1, 0.15) is 6.10 Å². The Labute approximate surface area is 108 Å². The van der Waals surface area contributed by atoms with Crippen LogP contribution in [-0.2, 0) is 4.74 Å². The van der Waals surface area contributed by atoms with Crippen LogP contribution < -0.4 is 0 Å². The van der Waals surface area contributed by atoms with Gasteiger partial charge in [-0.3, -0.25) is 4.68 Å². The summed E-state index contributed by atoms with van der Waals surface area (Å²) in [6.45, 7) is 8.00. The molecule has 2 atom stereocenters. The Morgan fingerprint density at radius 3 is 2.35 bits per heavy atom. The van der Waals surface area contributed by atoms with Crippen molar-refractivity contribution in [1.82, 2.24) is 9.78 Å². The fourth-order valence-electron chi connectivity index (χ4n) is 1.96. The van der Waals surface area contributed by atoms with Gasteiger partial charge in [0.05, 0.1) is 23.0 Å². The molecule has 5 heteroatoms. The lowest BCUT2D eigenvalue weighted by atomic mass is 9.99. The van der Waals surface area contributed by atoms with Gasteiger partial charge >= 0.3 is 0 Å². The number of methoxy groups -OCH3 is 1. The Morgan fingerprint density at radius 2 is 1.94 bits per heavy atom. The standard InChI is InChI=1S/C12H21ClN2O2/c1-7(2)12(17-5)11(16)10-9(13)6-14-15(10)8(3)4/h6-8,11-12,16H,1-5H3. The molecule has 17 heavy (non-hydrogen) atoms. The second-order valence-electron chi connectivity index (χ2n) is 4.81. The van der Waals surface area contributed by atoms with Gasteiger partial charge in [0.15, 0.2) is 0 Å². The summed E-state index contributed by atoms with van der Waals surface area (Å²) in [5, 5.41) is 15.0. The van der Waals surface area contributed by atoms with Crippen molar-refractivity contribution in [3.05, 3.63) is 16.9 Å². The highest BCUT2D eigenvalue weighted by Gasteiger charge is 2.29. The molecular formula is C12H21ClN2O2. The smallest absolute Gasteiger partial charge is 0.123 e.